The van der Waals surface area contributed by atoms with Crippen molar-refractivity contribution < 1.29 is 35.3 Å². The molecule has 0 aliphatic heterocycles. The van der Waals surface area contributed by atoms with Crippen LogP contribution in [0.15, 0.2) is 47.4 Å². The molecule has 2 aromatic rings. The van der Waals surface area contributed by atoms with E-state index in [0.29, 0.717) is 18.1 Å². The molecule has 2 aromatic carbocycles. The molecular weight excluding hydrogens is 495 g/mol. The van der Waals surface area contributed by atoms with Gasteiger partial charge in [-0.15, -0.1) is 0 Å². The van der Waals surface area contributed by atoms with Gasteiger partial charge in [0, 0.05) is 19.0 Å². The maximum absolute atomic E-state index is 13.1. The molecule has 200 valence electrons. The second-order valence-corrected chi connectivity index (χ2v) is 10.4. The van der Waals surface area contributed by atoms with Crippen molar-refractivity contribution in [3.63, 3.8) is 0 Å². The second-order valence-electron chi connectivity index (χ2n) is 8.83. The predicted molar refractivity (Wildman–Crippen MR) is 131 cm³/mol. The fourth-order valence-corrected chi connectivity index (χ4v) is 4.64. The van der Waals surface area contributed by atoms with Gasteiger partial charge in [-0.3, -0.25) is 4.79 Å². The Morgan fingerprint density at radius 1 is 1.00 bits per heavy atom. The summed E-state index contributed by atoms with van der Waals surface area (Å²) in [5.74, 6) is -0.0906. The average Bonchev–Trinajstić information content (AvgIpc) is 2.81. The third-order valence-corrected chi connectivity index (χ3v) is 6.90. The van der Waals surface area contributed by atoms with Gasteiger partial charge in [0.2, 0.25) is 5.91 Å². The first-order chi connectivity index (χ1) is 16.9. The number of rotatable bonds is 13. The Kier molecular flexibility index (Phi) is 10.6. The summed E-state index contributed by atoms with van der Waals surface area (Å²) in [6.07, 6.45) is 0.855. The molecule has 0 aliphatic carbocycles. The quantitative estimate of drug-likeness (QED) is 0.217. The largest absolute Gasteiger partial charge is 0.493 e. The third kappa shape index (κ3) is 8.43. The number of hydrogen-bond donors (Lipinski definition) is 0. The molecule has 0 atom stereocenters. The van der Waals surface area contributed by atoms with Gasteiger partial charge in [-0.05, 0) is 56.2 Å². The van der Waals surface area contributed by atoms with E-state index in [1.807, 2.05) is 13.8 Å². The molecule has 36 heavy (non-hydrogen) atoms. The first-order valence-electron chi connectivity index (χ1n) is 12.0. The minimum absolute atomic E-state index is 0.00336. The minimum Gasteiger partial charge on any atom is -0.493 e. The number of halogens is 3. The van der Waals surface area contributed by atoms with Gasteiger partial charge in [0.25, 0.3) is 0 Å². The van der Waals surface area contributed by atoms with E-state index in [4.69, 9.17) is 8.92 Å². The number of unbranched alkanes of at least 4 members (excludes halogenated alkanes) is 4. The Labute approximate surface area is 211 Å². The number of ether oxygens (including phenoxy) is 1. The predicted octanol–water partition coefficient (Wildman–Crippen LogP) is 6.58. The highest BCUT2D eigenvalue weighted by molar-refractivity contribution is 7.87. The molecule has 1 amide bonds. The number of methoxy groups -OCH3 is 1. The van der Waals surface area contributed by atoms with Gasteiger partial charge in [-0.2, -0.15) is 21.6 Å². The zero-order valence-corrected chi connectivity index (χ0v) is 21.9. The van der Waals surface area contributed by atoms with E-state index >= 15 is 0 Å². The molecule has 2 rings (SSSR count). The van der Waals surface area contributed by atoms with Crippen molar-refractivity contribution in [2.45, 2.75) is 83.0 Å². The Morgan fingerprint density at radius 2 is 1.69 bits per heavy atom. The Morgan fingerprint density at radius 3 is 2.31 bits per heavy atom. The van der Waals surface area contributed by atoms with Crippen LogP contribution in [0.2, 0.25) is 0 Å². The molecule has 0 N–H and O–H groups in total. The van der Waals surface area contributed by atoms with Crippen LogP contribution in [0.25, 0.3) is 0 Å². The topological polar surface area (TPSA) is 72.9 Å². The fourth-order valence-electron chi connectivity index (χ4n) is 3.66. The van der Waals surface area contributed by atoms with Gasteiger partial charge in [-0.1, -0.05) is 44.7 Å². The first-order valence-corrected chi connectivity index (χ1v) is 13.4. The lowest BCUT2D eigenvalue weighted by Gasteiger charge is -2.27. The molecule has 0 heterocycles. The summed E-state index contributed by atoms with van der Waals surface area (Å²) in [6.45, 7) is 6.14. The third-order valence-electron chi connectivity index (χ3n) is 5.67. The van der Waals surface area contributed by atoms with Crippen LogP contribution in [-0.2, 0) is 27.6 Å². The maximum Gasteiger partial charge on any atom is 0.416 e. The van der Waals surface area contributed by atoms with E-state index in [1.54, 1.807) is 11.0 Å². The van der Waals surface area contributed by atoms with Crippen molar-refractivity contribution in [2.75, 3.05) is 7.11 Å². The summed E-state index contributed by atoms with van der Waals surface area (Å²) in [6, 6.07) is 7.85. The molecule has 0 unspecified atom stereocenters. The summed E-state index contributed by atoms with van der Waals surface area (Å²) in [5, 5.41) is 0. The molecule has 0 radical (unpaired) electrons. The smallest absolute Gasteiger partial charge is 0.416 e. The minimum atomic E-state index is -4.70. The Balaban J connectivity index is 2.24. The zero-order chi connectivity index (χ0) is 26.9. The van der Waals surface area contributed by atoms with E-state index in [1.165, 1.54) is 19.2 Å². The molecule has 0 aliphatic rings. The molecule has 0 bridgehead atoms. The Bertz CT molecular complexity index is 1120. The van der Waals surface area contributed by atoms with Gasteiger partial charge in [0.05, 0.1) is 12.7 Å². The molecule has 0 fully saturated rings. The van der Waals surface area contributed by atoms with Crippen molar-refractivity contribution >= 4 is 16.0 Å². The highest BCUT2D eigenvalue weighted by Gasteiger charge is 2.32. The van der Waals surface area contributed by atoms with Gasteiger partial charge < -0.3 is 13.8 Å². The average molecular weight is 530 g/mol. The number of nitrogens with zero attached hydrogens (tertiary/aromatic N) is 1. The number of carbonyl (C=O) groups excluding carboxylic acids is 1. The number of alkyl halides is 3. The van der Waals surface area contributed by atoms with Crippen molar-refractivity contribution in [3.8, 4) is 11.5 Å². The highest BCUT2D eigenvalue weighted by Crippen LogP contribution is 2.34. The summed E-state index contributed by atoms with van der Waals surface area (Å²) in [4.78, 5) is 13.9. The molecule has 0 spiro atoms. The van der Waals surface area contributed by atoms with E-state index in [0.717, 1.165) is 50.3 Å². The van der Waals surface area contributed by atoms with E-state index < -0.39 is 26.8 Å². The second kappa shape index (κ2) is 13.0. The van der Waals surface area contributed by atoms with Crippen LogP contribution in [0.1, 0.15) is 70.4 Å². The summed E-state index contributed by atoms with van der Waals surface area (Å²) >= 11 is 0. The van der Waals surface area contributed by atoms with E-state index in [-0.39, 0.29) is 30.0 Å². The lowest BCUT2D eigenvalue weighted by molar-refractivity contribution is -0.137. The highest BCUT2D eigenvalue weighted by atomic mass is 32.2. The van der Waals surface area contributed by atoms with Crippen LogP contribution in [0.3, 0.4) is 0 Å². The molecular formula is C26H34F3NO5S. The number of hydrogen-bond acceptors (Lipinski definition) is 5. The van der Waals surface area contributed by atoms with Crippen LogP contribution >= 0.6 is 0 Å². The van der Waals surface area contributed by atoms with Crippen LogP contribution in [0.5, 0.6) is 11.5 Å². The number of benzene rings is 2. The molecule has 0 saturated carbocycles. The van der Waals surface area contributed by atoms with Crippen molar-refractivity contribution in [1.82, 2.24) is 4.90 Å². The van der Waals surface area contributed by atoms with Gasteiger partial charge in [-0.25, -0.2) is 0 Å². The summed E-state index contributed by atoms with van der Waals surface area (Å²) in [5.41, 5.74) is -0.508. The summed E-state index contributed by atoms with van der Waals surface area (Å²) < 4.78 is 75.1. The van der Waals surface area contributed by atoms with E-state index in [2.05, 4.69) is 6.92 Å². The molecule has 0 saturated heterocycles. The van der Waals surface area contributed by atoms with Gasteiger partial charge in [0.1, 0.15) is 4.90 Å². The molecule has 0 aromatic heterocycles. The fraction of sp³-hybridized carbons (Fsp3) is 0.500. The normalized spacial score (nSPS) is 12.0. The SMILES string of the molecule is CCCCCCCC(=O)N(Cc1ccc(OC)c(OS(=O)(=O)c2cccc(C(F)(F)F)c2)c1)C(C)C. The lowest BCUT2D eigenvalue weighted by atomic mass is 10.1. The standard InChI is InChI=1S/C26H34F3NO5S/c1-5-6-7-8-9-13-25(31)30(19(2)3)18-20-14-15-23(34-4)24(16-20)35-36(32,33)22-12-10-11-21(17-22)26(27,28)29/h10-12,14-17,19H,5-9,13,18H2,1-4H3. The molecule has 10 heteroatoms. The monoisotopic (exact) mass is 529 g/mol. The van der Waals surface area contributed by atoms with Crippen molar-refractivity contribution in [1.29, 1.82) is 0 Å². The van der Waals surface area contributed by atoms with Crippen molar-refractivity contribution in [2.24, 2.45) is 0 Å². The van der Waals surface area contributed by atoms with Gasteiger partial charge in [0.15, 0.2) is 11.5 Å². The van der Waals surface area contributed by atoms with Crippen LogP contribution in [0.4, 0.5) is 13.2 Å². The summed E-state index contributed by atoms with van der Waals surface area (Å²) in [7, 11) is -3.27. The van der Waals surface area contributed by atoms with Crippen LogP contribution in [0, 0.1) is 0 Å². The van der Waals surface area contributed by atoms with E-state index in [9.17, 15) is 26.4 Å². The number of amides is 1. The van der Waals surface area contributed by atoms with Crippen LogP contribution in [-0.4, -0.2) is 32.4 Å². The molecule has 6 nitrogen and oxygen atoms in total. The number of carbonyl (C=O) groups is 1. The first kappa shape index (κ1) is 29.5. The lowest BCUT2D eigenvalue weighted by Crippen LogP contribution is -2.36. The van der Waals surface area contributed by atoms with Gasteiger partial charge >= 0.3 is 16.3 Å². The van der Waals surface area contributed by atoms with Crippen LogP contribution < -0.4 is 8.92 Å². The van der Waals surface area contributed by atoms with Crippen molar-refractivity contribution in [3.05, 3.63) is 53.6 Å². The maximum atomic E-state index is 13.1. The zero-order valence-electron chi connectivity index (χ0n) is 21.1. The Hall–Kier alpha value is -2.75.